The van der Waals surface area contributed by atoms with E-state index in [-0.39, 0.29) is 0 Å². The second-order valence-electron chi connectivity index (χ2n) is 3.13. The summed E-state index contributed by atoms with van der Waals surface area (Å²) >= 11 is 5.43. The van der Waals surface area contributed by atoms with Gasteiger partial charge in [-0.05, 0) is 12.1 Å². The summed E-state index contributed by atoms with van der Waals surface area (Å²) < 4.78 is 73.1. The summed E-state index contributed by atoms with van der Waals surface area (Å²) in [6.45, 7) is -1.58. The van der Waals surface area contributed by atoms with Crippen LogP contribution in [0.2, 0.25) is 5.02 Å². The molecule has 1 N–H and O–H groups in total. The first-order valence-electron chi connectivity index (χ1n) is 4.27. The molecule has 0 aliphatic carbocycles. The van der Waals surface area contributed by atoms with E-state index in [1.54, 1.807) is 5.32 Å². The molecule has 0 bridgehead atoms. The zero-order valence-corrected chi connectivity index (χ0v) is 8.84. The average molecular weight is 278 g/mol. The minimum absolute atomic E-state index is 0.413. The van der Waals surface area contributed by atoms with Crippen LogP contribution in [0, 0.1) is 0 Å². The molecule has 0 saturated heterocycles. The summed E-state index contributed by atoms with van der Waals surface area (Å²) in [7, 11) is 0. The van der Waals surface area contributed by atoms with E-state index in [0.717, 1.165) is 12.1 Å². The van der Waals surface area contributed by atoms with Crippen LogP contribution in [0.5, 0.6) is 0 Å². The van der Waals surface area contributed by atoms with Crippen LogP contribution in [0.3, 0.4) is 0 Å². The fourth-order valence-corrected chi connectivity index (χ4v) is 1.37. The lowest BCUT2D eigenvalue weighted by atomic mass is 10.1. The Kier molecular flexibility index (Phi) is 3.81. The van der Waals surface area contributed by atoms with Crippen LogP contribution < -0.4 is 5.32 Å². The van der Waals surface area contributed by atoms with Gasteiger partial charge in [-0.25, -0.2) is 0 Å². The Hall–Kier alpha value is -1.11. The fraction of sp³-hybridized carbons (Fsp3) is 0.333. The van der Waals surface area contributed by atoms with Crippen LogP contribution in [0.4, 0.5) is 32.0 Å². The molecule has 0 aromatic heterocycles. The fourth-order valence-electron chi connectivity index (χ4n) is 1.13. The molecule has 0 unspecified atom stereocenters. The van der Waals surface area contributed by atoms with Crippen LogP contribution in [-0.4, -0.2) is 12.7 Å². The Labute approximate surface area is 97.4 Å². The summed E-state index contributed by atoms with van der Waals surface area (Å²) in [5, 5.41) is 1.24. The quantitative estimate of drug-likeness (QED) is 0.793. The summed E-state index contributed by atoms with van der Waals surface area (Å²) in [6, 6.07) is 2.75. The van der Waals surface area contributed by atoms with E-state index in [2.05, 4.69) is 0 Å². The van der Waals surface area contributed by atoms with E-state index in [0.29, 0.717) is 6.07 Å². The van der Waals surface area contributed by atoms with Gasteiger partial charge in [-0.15, -0.1) is 0 Å². The second-order valence-corrected chi connectivity index (χ2v) is 3.54. The van der Waals surface area contributed by atoms with Crippen LogP contribution in [0.25, 0.3) is 0 Å². The van der Waals surface area contributed by atoms with Crippen LogP contribution in [0.15, 0.2) is 18.2 Å². The van der Waals surface area contributed by atoms with Crippen molar-refractivity contribution in [1.29, 1.82) is 0 Å². The summed E-state index contributed by atoms with van der Waals surface area (Å²) in [5.74, 6) is 0. The van der Waals surface area contributed by atoms with Gasteiger partial charge < -0.3 is 5.32 Å². The van der Waals surface area contributed by atoms with Crippen LogP contribution in [0.1, 0.15) is 5.56 Å². The molecule has 1 nitrogen and oxygen atoms in total. The molecule has 1 aromatic rings. The smallest absolute Gasteiger partial charge is 0.375 e. The number of benzene rings is 1. The maximum absolute atomic E-state index is 12.5. The number of anilines is 1. The highest BCUT2D eigenvalue weighted by molar-refractivity contribution is 6.33. The van der Waals surface area contributed by atoms with Crippen molar-refractivity contribution in [1.82, 2.24) is 0 Å². The molecule has 0 amide bonds. The monoisotopic (exact) mass is 277 g/mol. The number of rotatable bonds is 2. The summed E-state index contributed by atoms with van der Waals surface area (Å²) in [6.07, 6.45) is -9.39. The molecule has 0 saturated carbocycles. The summed E-state index contributed by atoms with van der Waals surface area (Å²) in [4.78, 5) is 0. The molecule has 0 aliphatic rings. The van der Waals surface area contributed by atoms with Crippen LogP contribution >= 0.6 is 11.6 Å². The van der Waals surface area contributed by atoms with Gasteiger partial charge in [0.25, 0.3) is 0 Å². The lowest BCUT2D eigenvalue weighted by Crippen LogP contribution is -2.23. The molecule has 1 rings (SSSR count). The normalized spacial score (nSPS) is 12.6. The van der Waals surface area contributed by atoms with E-state index in [1.807, 2.05) is 0 Å². The van der Waals surface area contributed by atoms with Gasteiger partial charge in [0.05, 0.1) is 16.3 Å². The first-order chi connectivity index (χ1) is 7.61. The number of para-hydroxylation sites is 1. The predicted octanol–water partition coefficient (Wildman–Crippen LogP) is 4.33. The highest BCUT2D eigenvalue weighted by Gasteiger charge is 2.35. The molecule has 96 valence electrons. The Balaban J connectivity index is 3.05. The highest BCUT2D eigenvalue weighted by atomic mass is 35.5. The predicted molar refractivity (Wildman–Crippen MR) is 51.0 cm³/mol. The van der Waals surface area contributed by atoms with Gasteiger partial charge in [0.1, 0.15) is 6.54 Å². The minimum Gasteiger partial charge on any atom is -0.375 e. The number of hydrogen-bond acceptors (Lipinski definition) is 1. The van der Waals surface area contributed by atoms with Crippen molar-refractivity contribution < 1.29 is 26.3 Å². The van der Waals surface area contributed by atoms with E-state index in [1.165, 1.54) is 0 Å². The van der Waals surface area contributed by atoms with Crippen molar-refractivity contribution in [3.05, 3.63) is 28.8 Å². The van der Waals surface area contributed by atoms with Crippen molar-refractivity contribution >= 4 is 17.3 Å². The van der Waals surface area contributed by atoms with Crippen molar-refractivity contribution in [2.75, 3.05) is 11.9 Å². The maximum atomic E-state index is 12.5. The van der Waals surface area contributed by atoms with Gasteiger partial charge in [0.2, 0.25) is 0 Å². The molecule has 8 heteroatoms. The van der Waals surface area contributed by atoms with E-state index in [9.17, 15) is 26.3 Å². The number of nitrogens with one attached hydrogen (secondary N) is 1. The third-order valence-corrected chi connectivity index (χ3v) is 2.10. The molecule has 17 heavy (non-hydrogen) atoms. The van der Waals surface area contributed by atoms with E-state index < -0.39 is 35.2 Å². The average Bonchev–Trinajstić information content (AvgIpc) is 2.12. The van der Waals surface area contributed by atoms with Crippen molar-refractivity contribution in [2.24, 2.45) is 0 Å². The van der Waals surface area contributed by atoms with Gasteiger partial charge >= 0.3 is 12.4 Å². The highest BCUT2D eigenvalue weighted by Crippen LogP contribution is 2.38. The molecular formula is C9H6ClF6N. The number of hydrogen-bond donors (Lipinski definition) is 1. The molecule has 0 fully saturated rings. The molecule has 1 aromatic carbocycles. The molecule has 0 aliphatic heterocycles. The Morgan fingerprint density at radius 1 is 1.06 bits per heavy atom. The topological polar surface area (TPSA) is 12.0 Å². The third kappa shape index (κ3) is 3.99. The van der Waals surface area contributed by atoms with Gasteiger partial charge in [-0.2, -0.15) is 26.3 Å². The Morgan fingerprint density at radius 3 is 2.12 bits per heavy atom. The zero-order chi connectivity index (χ0) is 13.3. The first kappa shape index (κ1) is 14.0. The first-order valence-corrected chi connectivity index (χ1v) is 4.65. The Morgan fingerprint density at radius 2 is 1.65 bits per heavy atom. The lowest BCUT2D eigenvalue weighted by molar-refractivity contribution is -0.137. The largest absolute Gasteiger partial charge is 0.418 e. The van der Waals surface area contributed by atoms with E-state index in [4.69, 9.17) is 11.6 Å². The zero-order valence-electron chi connectivity index (χ0n) is 8.08. The Bertz CT molecular complexity index is 397. The van der Waals surface area contributed by atoms with Crippen molar-refractivity contribution in [3.63, 3.8) is 0 Å². The van der Waals surface area contributed by atoms with Gasteiger partial charge in [0, 0.05) is 0 Å². The molecule has 0 radical (unpaired) electrons. The van der Waals surface area contributed by atoms with Crippen LogP contribution in [-0.2, 0) is 6.18 Å². The number of alkyl halides is 6. The summed E-state index contributed by atoms with van der Waals surface area (Å²) in [5.41, 5.74) is -1.99. The minimum atomic E-state index is -4.77. The molecule has 0 spiro atoms. The van der Waals surface area contributed by atoms with Gasteiger partial charge in [-0.3, -0.25) is 0 Å². The molecular weight excluding hydrogens is 272 g/mol. The van der Waals surface area contributed by atoms with Gasteiger partial charge in [-0.1, -0.05) is 17.7 Å². The maximum Gasteiger partial charge on any atom is 0.418 e. The SMILES string of the molecule is FC(F)(F)CNc1c(Cl)cccc1C(F)(F)F. The molecule has 0 heterocycles. The van der Waals surface area contributed by atoms with Crippen molar-refractivity contribution in [2.45, 2.75) is 12.4 Å². The second kappa shape index (κ2) is 4.64. The standard InChI is InChI=1S/C9H6ClF6N/c10-6-3-1-2-5(9(14,15)16)7(6)17-4-8(11,12)13/h1-3,17H,4H2. The number of halogens is 7. The van der Waals surface area contributed by atoms with Gasteiger partial charge in [0.15, 0.2) is 0 Å². The van der Waals surface area contributed by atoms with E-state index >= 15 is 0 Å². The third-order valence-electron chi connectivity index (χ3n) is 1.78. The lowest BCUT2D eigenvalue weighted by Gasteiger charge is -2.16. The molecule has 0 atom stereocenters. The van der Waals surface area contributed by atoms with Crippen molar-refractivity contribution in [3.8, 4) is 0 Å².